The lowest BCUT2D eigenvalue weighted by Crippen LogP contribution is -2.36. The van der Waals surface area contributed by atoms with Crippen LogP contribution in [-0.4, -0.2) is 29.2 Å². The van der Waals surface area contributed by atoms with E-state index in [-0.39, 0.29) is 30.3 Å². The van der Waals surface area contributed by atoms with Crippen molar-refractivity contribution in [1.29, 1.82) is 0 Å². The van der Waals surface area contributed by atoms with E-state index >= 15 is 0 Å². The topological polar surface area (TPSA) is 57.5 Å². The van der Waals surface area contributed by atoms with Gasteiger partial charge in [-0.05, 0) is 31.6 Å². The maximum Gasteiger partial charge on any atom is 0.144 e. The minimum absolute atomic E-state index is 0.0114. The van der Waals surface area contributed by atoms with Gasteiger partial charge >= 0.3 is 0 Å². The summed E-state index contributed by atoms with van der Waals surface area (Å²) in [7, 11) is 0. The second-order valence-electron chi connectivity index (χ2n) is 5.41. The van der Waals surface area contributed by atoms with Crippen LogP contribution in [0.3, 0.4) is 0 Å². The average molecular weight is 226 g/mol. The van der Waals surface area contributed by atoms with Gasteiger partial charge in [0.1, 0.15) is 5.78 Å². The van der Waals surface area contributed by atoms with E-state index in [0.29, 0.717) is 5.92 Å². The van der Waals surface area contributed by atoms with Crippen LogP contribution in [0.4, 0.5) is 0 Å². The largest absolute Gasteiger partial charge is 0.396 e. The van der Waals surface area contributed by atoms with E-state index in [4.69, 9.17) is 5.11 Å². The van der Waals surface area contributed by atoms with E-state index in [0.717, 1.165) is 38.5 Å². The van der Waals surface area contributed by atoms with Crippen molar-refractivity contribution < 1.29 is 15.0 Å². The number of Topliss-reactive ketones (excluding diaryl/α,β-unsaturated/α-hetero) is 1. The van der Waals surface area contributed by atoms with Crippen LogP contribution in [0.15, 0.2) is 0 Å². The molecule has 0 aromatic rings. The molecule has 1 spiro atoms. The molecule has 16 heavy (non-hydrogen) atoms. The fourth-order valence-corrected chi connectivity index (χ4v) is 3.83. The normalized spacial score (nSPS) is 33.5. The van der Waals surface area contributed by atoms with Crippen LogP contribution in [-0.2, 0) is 4.79 Å². The Morgan fingerprint density at radius 1 is 1.19 bits per heavy atom. The SMILES string of the molecule is O=C1C(CO)C[C@H](CCO)C12CCCCC2. The van der Waals surface area contributed by atoms with Gasteiger partial charge in [-0.25, -0.2) is 0 Å². The van der Waals surface area contributed by atoms with Gasteiger partial charge in [-0.3, -0.25) is 4.79 Å². The summed E-state index contributed by atoms with van der Waals surface area (Å²) in [5.74, 6) is 0.435. The Bertz CT molecular complexity index is 256. The van der Waals surface area contributed by atoms with Crippen molar-refractivity contribution in [3.8, 4) is 0 Å². The van der Waals surface area contributed by atoms with Gasteiger partial charge in [0, 0.05) is 17.9 Å². The van der Waals surface area contributed by atoms with Gasteiger partial charge in [-0.2, -0.15) is 0 Å². The molecule has 92 valence electrons. The maximum absolute atomic E-state index is 12.4. The van der Waals surface area contributed by atoms with Crippen LogP contribution in [0, 0.1) is 17.3 Å². The highest BCUT2D eigenvalue weighted by molar-refractivity contribution is 5.89. The first-order valence-corrected chi connectivity index (χ1v) is 6.50. The minimum atomic E-state index is -0.186. The smallest absolute Gasteiger partial charge is 0.144 e. The monoisotopic (exact) mass is 226 g/mol. The number of ketones is 1. The second kappa shape index (κ2) is 4.84. The number of carbonyl (C=O) groups is 1. The standard InChI is InChI=1S/C13H22O3/c14-7-4-11-8-10(9-15)12(16)13(11)5-2-1-3-6-13/h10-11,14-15H,1-9H2/t10?,11-/m0/s1. The predicted octanol–water partition coefficient (Wildman–Crippen LogP) is 1.52. The third-order valence-corrected chi connectivity index (χ3v) is 4.66. The van der Waals surface area contributed by atoms with E-state index < -0.39 is 0 Å². The molecule has 2 fully saturated rings. The highest BCUT2D eigenvalue weighted by Gasteiger charge is 2.53. The number of carbonyl (C=O) groups excluding carboxylic acids is 1. The molecule has 2 saturated carbocycles. The van der Waals surface area contributed by atoms with E-state index in [1.807, 2.05) is 0 Å². The van der Waals surface area contributed by atoms with Gasteiger partial charge in [-0.15, -0.1) is 0 Å². The summed E-state index contributed by atoms with van der Waals surface area (Å²) in [5, 5.41) is 18.4. The minimum Gasteiger partial charge on any atom is -0.396 e. The van der Waals surface area contributed by atoms with Crippen LogP contribution in [0.2, 0.25) is 0 Å². The van der Waals surface area contributed by atoms with Crippen molar-refractivity contribution in [2.24, 2.45) is 17.3 Å². The zero-order valence-electron chi connectivity index (χ0n) is 9.82. The zero-order valence-corrected chi connectivity index (χ0v) is 9.82. The van der Waals surface area contributed by atoms with Crippen molar-refractivity contribution in [2.75, 3.05) is 13.2 Å². The summed E-state index contributed by atoms with van der Waals surface area (Å²) in [6, 6.07) is 0. The molecule has 2 atom stereocenters. The fraction of sp³-hybridized carbons (Fsp3) is 0.923. The number of rotatable bonds is 3. The summed E-state index contributed by atoms with van der Waals surface area (Å²) in [5.41, 5.74) is -0.186. The molecule has 3 heteroatoms. The Balaban J connectivity index is 2.19. The number of aliphatic hydroxyl groups is 2. The van der Waals surface area contributed by atoms with E-state index in [1.165, 1.54) is 6.42 Å². The molecule has 0 heterocycles. The molecular formula is C13H22O3. The van der Waals surface area contributed by atoms with E-state index in [1.54, 1.807) is 0 Å². The molecule has 0 amide bonds. The number of aliphatic hydroxyl groups excluding tert-OH is 2. The molecule has 3 nitrogen and oxygen atoms in total. The van der Waals surface area contributed by atoms with Crippen molar-refractivity contribution in [3.63, 3.8) is 0 Å². The fourth-order valence-electron chi connectivity index (χ4n) is 3.83. The first kappa shape index (κ1) is 12.1. The van der Waals surface area contributed by atoms with Crippen molar-refractivity contribution in [3.05, 3.63) is 0 Å². The predicted molar refractivity (Wildman–Crippen MR) is 60.9 cm³/mol. The quantitative estimate of drug-likeness (QED) is 0.767. The highest BCUT2D eigenvalue weighted by atomic mass is 16.3. The molecule has 2 rings (SSSR count). The summed E-state index contributed by atoms with van der Waals surface area (Å²) in [6.07, 6.45) is 6.96. The second-order valence-corrected chi connectivity index (χ2v) is 5.41. The molecular weight excluding hydrogens is 204 g/mol. The number of hydrogen-bond donors (Lipinski definition) is 2. The zero-order chi connectivity index (χ0) is 11.6. The lowest BCUT2D eigenvalue weighted by molar-refractivity contribution is -0.133. The molecule has 0 aromatic heterocycles. The summed E-state index contributed by atoms with van der Waals surface area (Å²) in [6.45, 7) is 0.153. The summed E-state index contributed by atoms with van der Waals surface area (Å²) < 4.78 is 0. The molecule has 0 radical (unpaired) electrons. The van der Waals surface area contributed by atoms with E-state index in [9.17, 15) is 9.90 Å². The Morgan fingerprint density at radius 3 is 2.44 bits per heavy atom. The van der Waals surface area contributed by atoms with Crippen LogP contribution < -0.4 is 0 Å². The first-order chi connectivity index (χ1) is 7.74. The Kier molecular flexibility index (Phi) is 3.65. The van der Waals surface area contributed by atoms with Gasteiger partial charge in [-0.1, -0.05) is 19.3 Å². The highest BCUT2D eigenvalue weighted by Crippen LogP contribution is 2.53. The van der Waals surface area contributed by atoms with Crippen LogP contribution >= 0.6 is 0 Å². The van der Waals surface area contributed by atoms with E-state index in [2.05, 4.69) is 0 Å². The van der Waals surface area contributed by atoms with Gasteiger partial charge in [0.15, 0.2) is 0 Å². The molecule has 2 N–H and O–H groups in total. The Labute approximate surface area is 96.9 Å². The Morgan fingerprint density at radius 2 is 1.88 bits per heavy atom. The molecule has 0 aliphatic heterocycles. The average Bonchev–Trinajstić information content (AvgIpc) is 2.56. The third-order valence-electron chi connectivity index (χ3n) is 4.66. The third kappa shape index (κ3) is 1.80. The summed E-state index contributed by atoms with van der Waals surface area (Å²) >= 11 is 0. The molecule has 0 bridgehead atoms. The molecule has 0 aromatic carbocycles. The van der Waals surface area contributed by atoms with Crippen LogP contribution in [0.1, 0.15) is 44.9 Å². The lowest BCUT2D eigenvalue weighted by atomic mass is 9.66. The molecule has 1 unspecified atom stereocenters. The lowest BCUT2D eigenvalue weighted by Gasteiger charge is -2.37. The van der Waals surface area contributed by atoms with Crippen molar-refractivity contribution in [2.45, 2.75) is 44.9 Å². The van der Waals surface area contributed by atoms with Crippen molar-refractivity contribution >= 4 is 5.78 Å². The summed E-state index contributed by atoms with van der Waals surface area (Å²) in [4.78, 5) is 12.4. The first-order valence-electron chi connectivity index (χ1n) is 6.50. The van der Waals surface area contributed by atoms with Crippen LogP contribution in [0.25, 0.3) is 0 Å². The van der Waals surface area contributed by atoms with Gasteiger partial charge in [0.05, 0.1) is 6.61 Å². The Hall–Kier alpha value is -0.410. The van der Waals surface area contributed by atoms with Crippen LogP contribution in [0.5, 0.6) is 0 Å². The van der Waals surface area contributed by atoms with Gasteiger partial charge < -0.3 is 10.2 Å². The van der Waals surface area contributed by atoms with Gasteiger partial charge in [0.2, 0.25) is 0 Å². The maximum atomic E-state index is 12.4. The molecule has 2 aliphatic rings. The van der Waals surface area contributed by atoms with Gasteiger partial charge in [0.25, 0.3) is 0 Å². The number of hydrogen-bond acceptors (Lipinski definition) is 3. The van der Waals surface area contributed by atoms with Crippen molar-refractivity contribution in [1.82, 2.24) is 0 Å². The molecule has 0 saturated heterocycles. The molecule has 2 aliphatic carbocycles.